The summed E-state index contributed by atoms with van der Waals surface area (Å²) >= 11 is 3.52. The summed E-state index contributed by atoms with van der Waals surface area (Å²) in [5, 5.41) is 21.9. The van der Waals surface area contributed by atoms with Crippen molar-refractivity contribution in [1.82, 2.24) is 14.8 Å². The summed E-state index contributed by atoms with van der Waals surface area (Å²) in [6.45, 7) is 2.61. The lowest BCUT2D eigenvalue weighted by molar-refractivity contribution is -0.113. The minimum atomic E-state index is -0.105. The monoisotopic (exact) mass is 480 g/mol. The van der Waals surface area contributed by atoms with E-state index in [4.69, 9.17) is 0 Å². The van der Waals surface area contributed by atoms with Gasteiger partial charge in [0, 0.05) is 15.8 Å². The lowest BCUT2D eigenvalue weighted by Gasteiger charge is -2.09. The van der Waals surface area contributed by atoms with Gasteiger partial charge in [0.15, 0.2) is 11.0 Å². The molecule has 0 spiro atoms. The molecule has 0 unspecified atom stereocenters. The molecule has 2 N–H and O–H groups in total. The number of hydrogen-bond acceptors (Lipinski definition) is 5. The summed E-state index contributed by atoms with van der Waals surface area (Å²) in [6.07, 6.45) is 0. The molecular formula is C18H17IN4O2S. The van der Waals surface area contributed by atoms with E-state index in [0.29, 0.717) is 23.1 Å². The molecule has 0 saturated heterocycles. The zero-order chi connectivity index (χ0) is 18.5. The molecule has 0 atom stereocenters. The molecule has 0 fully saturated rings. The lowest BCUT2D eigenvalue weighted by Crippen LogP contribution is -2.14. The van der Waals surface area contributed by atoms with Crippen LogP contribution in [0.25, 0.3) is 11.4 Å². The first kappa shape index (κ1) is 18.7. The van der Waals surface area contributed by atoms with E-state index in [1.807, 2.05) is 41.8 Å². The number of carbonyl (C=O) groups is 1. The summed E-state index contributed by atoms with van der Waals surface area (Å²) in [6, 6.07) is 14.6. The molecule has 0 radical (unpaired) electrons. The third-order valence-corrected chi connectivity index (χ3v) is 5.26. The largest absolute Gasteiger partial charge is 0.507 e. The lowest BCUT2D eigenvalue weighted by atomic mass is 10.2. The Morgan fingerprint density at radius 3 is 2.77 bits per heavy atom. The van der Waals surface area contributed by atoms with Crippen molar-refractivity contribution in [3.05, 3.63) is 52.1 Å². The highest BCUT2D eigenvalue weighted by molar-refractivity contribution is 14.1. The quantitative estimate of drug-likeness (QED) is 0.412. The Morgan fingerprint density at radius 1 is 1.23 bits per heavy atom. The average molecular weight is 480 g/mol. The molecule has 0 saturated carbocycles. The summed E-state index contributed by atoms with van der Waals surface area (Å²) in [7, 11) is 0. The number of nitrogens with zero attached hydrogens (tertiary/aromatic N) is 3. The van der Waals surface area contributed by atoms with Crippen LogP contribution in [0.3, 0.4) is 0 Å². The van der Waals surface area contributed by atoms with E-state index < -0.39 is 0 Å². The zero-order valence-electron chi connectivity index (χ0n) is 14.0. The Balaban J connectivity index is 1.71. The van der Waals surface area contributed by atoms with Crippen LogP contribution in [-0.4, -0.2) is 31.5 Å². The van der Waals surface area contributed by atoms with Gasteiger partial charge in [-0.2, -0.15) is 0 Å². The predicted molar refractivity (Wildman–Crippen MR) is 111 cm³/mol. The second kappa shape index (κ2) is 8.54. The first-order valence-corrected chi connectivity index (χ1v) is 10.0. The van der Waals surface area contributed by atoms with E-state index in [2.05, 4.69) is 38.1 Å². The van der Waals surface area contributed by atoms with Gasteiger partial charge in [0.2, 0.25) is 5.91 Å². The van der Waals surface area contributed by atoms with Gasteiger partial charge in [-0.25, -0.2) is 0 Å². The minimum absolute atomic E-state index is 0.105. The maximum absolute atomic E-state index is 12.2. The second-order valence-corrected chi connectivity index (χ2v) is 7.60. The highest BCUT2D eigenvalue weighted by Crippen LogP contribution is 2.30. The molecule has 1 amide bonds. The Labute approximate surface area is 169 Å². The molecule has 3 rings (SSSR count). The summed E-state index contributed by atoms with van der Waals surface area (Å²) in [5.74, 6) is 0.866. The summed E-state index contributed by atoms with van der Waals surface area (Å²) < 4.78 is 2.95. The Bertz CT molecular complexity index is 929. The number of anilines is 1. The third-order valence-electron chi connectivity index (χ3n) is 3.62. The van der Waals surface area contributed by atoms with Gasteiger partial charge in [-0.1, -0.05) is 30.0 Å². The third kappa shape index (κ3) is 4.36. The number of phenols is 1. The highest BCUT2D eigenvalue weighted by Gasteiger charge is 2.16. The van der Waals surface area contributed by atoms with Gasteiger partial charge in [0.25, 0.3) is 0 Å². The number of aromatic nitrogens is 3. The number of carbonyl (C=O) groups excluding carboxylic acids is 1. The van der Waals surface area contributed by atoms with Crippen LogP contribution in [0.4, 0.5) is 5.69 Å². The van der Waals surface area contributed by atoms with Crippen molar-refractivity contribution in [3.63, 3.8) is 0 Å². The second-order valence-electron chi connectivity index (χ2n) is 5.41. The van der Waals surface area contributed by atoms with Gasteiger partial charge in [-0.05, 0) is 59.8 Å². The normalized spacial score (nSPS) is 10.7. The smallest absolute Gasteiger partial charge is 0.234 e. The highest BCUT2D eigenvalue weighted by atomic mass is 127. The van der Waals surface area contributed by atoms with E-state index in [9.17, 15) is 9.90 Å². The number of aromatic hydroxyl groups is 1. The van der Waals surface area contributed by atoms with Crippen LogP contribution in [0, 0.1) is 3.57 Å². The number of halogens is 1. The molecule has 2 aromatic carbocycles. The Morgan fingerprint density at radius 2 is 2.04 bits per heavy atom. The number of para-hydroxylation sites is 1. The number of rotatable bonds is 6. The summed E-state index contributed by atoms with van der Waals surface area (Å²) in [4.78, 5) is 12.2. The van der Waals surface area contributed by atoms with Crippen LogP contribution in [0.5, 0.6) is 5.75 Å². The van der Waals surface area contributed by atoms with Gasteiger partial charge >= 0.3 is 0 Å². The molecule has 8 heteroatoms. The molecule has 6 nitrogen and oxygen atoms in total. The topological polar surface area (TPSA) is 80.0 Å². The van der Waals surface area contributed by atoms with Gasteiger partial charge in [0.05, 0.1) is 11.3 Å². The van der Waals surface area contributed by atoms with E-state index in [0.717, 1.165) is 9.26 Å². The van der Waals surface area contributed by atoms with Gasteiger partial charge in [-0.15, -0.1) is 10.2 Å². The van der Waals surface area contributed by atoms with Crippen LogP contribution >= 0.6 is 34.4 Å². The number of hydrogen-bond donors (Lipinski definition) is 2. The summed E-state index contributed by atoms with van der Waals surface area (Å²) in [5.41, 5.74) is 1.39. The van der Waals surface area contributed by atoms with Crippen LogP contribution < -0.4 is 5.32 Å². The fraction of sp³-hybridized carbons (Fsp3) is 0.167. The van der Waals surface area contributed by atoms with Crippen LogP contribution in [0.15, 0.2) is 53.7 Å². The molecule has 0 aliphatic heterocycles. The van der Waals surface area contributed by atoms with Crippen molar-refractivity contribution in [2.45, 2.75) is 18.6 Å². The van der Waals surface area contributed by atoms with Gasteiger partial charge in [0.1, 0.15) is 5.75 Å². The number of amides is 1. The fourth-order valence-electron chi connectivity index (χ4n) is 2.44. The number of phenolic OH excluding ortho intramolecular Hbond substituents is 1. The van der Waals surface area contributed by atoms with Crippen molar-refractivity contribution in [1.29, 1.82) is 0 Å². The standard InChI is InChI=1S/C18H17IN4O2S/c1-2-23-17(14-8-3-4-9-15(14)24)21-22-18(23)26-11-16(25)20-13-7-5-6-12(19)10-13/h3-10,24H,2,11H2,1H3,(H,20,25). The minimum Gasteiger partial charge on any atom is -0.507 e. The first-order chi connectivity index (χ1) is 12.6. The maximum Gasteiger partial charge on any atom is 0.234 e. The molecule has 1 aromatic heterocycles. The molecule has 1 heterocycles. The van der Waals surface area contributed by atoms with Crippen LogP contribution in [0.1, 0.15) is 6.92 Å². The van der Waals surface area contributed by atoms with E-state index >= 15 is 0 Å². The zero-order valence-corrected chi connectivity index (χ0v) is 17.0. The molecule has 26 heavy (non-hydrogen) atoms. The Kier molecular flexibility index (Phi) is 6.15. The van der Waals surface area contributed by atoms with E-state index in [1.165, 1.54) is 11.8 Å². The molecule has 3 aromatic rings. The van der Waals surface area contributed by atoms with Crippen LogP contribution in [0.2, 0.25) is 0 Å². The van der Waals surface area contributed by atoms with E-state index in [-0.39, 0.29) is 17.4 Å². The number of nitrogens with one attached hydrogen (secondary N) is 1. The predicted octanol–water partition coefficient (Wildman–Crippen LogP) is 4.01. The molecular weight excluding hydrogens is 463 g/mol. The average Bonchev–Trinajstić information content (AvgIpc) is 3.03. The van der Waals surface area contributed by atoms with Crippen molar-refractivity contribution in [2.24, 2.45) is 0 Å². The first-order valence-electron chi connectivity index (χ1n) is 7.98. The van der Waals surface area contributed by atoms with Gasteiger partial charge < -0.3 is 15.0 Å². The number of benzene rings is 2. The van der Waals surface area contributed by atoms with Crippen molar-refractivity contribution in [2.75, 3.05) is 11.1 Å². The molecule has 0 bridgehead atoms. The maximum atomic E-state index is 12.2. The van der Waals surface area contributed by atoms with Crippen molar-refractivity contribution < 1.29 is 9.90 Å². The Hall–Kier alpha value is -2.07. The number of thioether (sulfide) groups is 1. The van der Waals surface area contributed by atoms with Crippen LogP contribution in [-0.2, 0) is 11.3 Å². The molecule has 0 aliphatic rings. The SMILES string of the molecule is CCn1c(SCC(=O)Nc2cccc(I)c2)nnc1-c1ccccc1O. The van der Waals surface area contributed by atoms with Crippen molar-refractivity contribution in [3.8, 4) is 17.1 Å². The fourth-order valence-corrected chi connectivity index (χ4v) is 3.78. The van der Waals surface area contributed by atoms with Crippen molar-refractivity contribution >= 4 is 45.9 Å². The molecule has 134 valence electrons. The van der Waals surface area contributed by atoms with E-state index in [1.54, 1.807) is 18.2 Å². The van der Waals surface area contributed by atoms with Gasteiger partial charge in [-0.3, -0.25) is 4.79 Å². The molecule has 0 aliphatic carbocycles.